The van der Waals surface area contributed by atoms with Crippen molar-refractivity contribution in [2.75, 3.05) is 19.8 Å². The van der Waals surface area contributed by atoms with Gasteiger partial charge in [0.15, 0.2) is 11.9 Å². The molecular weight excluding hydrogens is 717 g/mol. The molecule has 1 aliphatic rings. The molecular formula is C40H68NO12P. The number of rotatable bonds is 34. The van der Waals surface area contributed by atoms with Crippen LogP contribution in [0.2, 0.25) is 0 Å². The number of esters is 2. The van der Waals surface area contributed by atoms with E-state index in [1.54, 1.807) is 18.2 Å². The number of carbonyl (C=O) groups is 4. The van der Waals surface area contributed by atoms with Crippen LogP contribution in [0.4, 0.5) is 0 Å². The van der Waals surface area contributed by atoms with Crippen LogP contribution in [0.1, 0.15) is 142 Å². The third-order valence-corrected chi connectivity index (χ3v) is 10.1. The van der Waals surface area contributed by atoms with Crippen LogP contribution in [0.25, 0.3) is 0 Å². The summed E-state index contributed by atoms with van der Waals surface area (Å²) in [6.07, 6.45) is 27.1. The van der Waals surface area contributed by atoms with Crippen molar-refractivity contribution in [3.05, 3.63) is 36.5 Å². The van der Waals surface area contributed by atoms with E-state index < -0.39 is 63.8 Å². The van der Waals surface area contributed by atoms with Crippen molar-refractivity contribution in [1.82, 2.24) is 0 Å². The molecule has 0 aromatic rings. The van der Waals surface area contributed by atoms with Crippen LogP contribution < -0.4 is 5.73 Å². The highest BCUT2D eigenvalue weighted by Crippen LogP contribution is 2.43. The van der Waals surface area contributed by atoms with Crippen LogP contribution in [-0.4, -0.2) is 76.9 Å². The van der Waals surface area contributed by atoms with Crippen molar-refractivity contribution in [1.29, 1.82) is 0 Å². The fraction of sp³-hybridized carbons (Fsp3) is 0.750. The quantitative estimate of drug-likeness (QED) is 0.0214. The molecule has 0 amide bonds. The standard InChI is InChI=1S/C40H68NO12P/c1-3-5-7-8-9-10-11-12-13-14-19-23-38(44)50-29-34(30-51-54(48,49)52-31-36(41)40(46)47)53-39(45)24-20-16-15-18-21-32-25-28-37(43)35(32)27-26-33(42)22-17-6-4-2/h15,18,25-28,32-36,42H,3-14,16-17,19-24,29-31,41H2,1-2H3,(H,46,47)(H,48,49)/b18-15-,27-26+/t32-,33-,34+,35+,36-/m0/s1. The Labute approximate surface area is 322 Å². The summed E-state index contributed by atoms with van der Waals surface area (Å²) in [4.78, 5) is 58.3. The van der Waals surface area contributed by atoms with Gasteiger partial charge in [-0.25, -0.2) is 4.57 Å². The van der Waals surface area contributed by atoms with Gasteiger partial charge in [-0.2, -0.15) is 0 Å². The summed E-state index contributed by atoms with van der Waals surface area (Å²) in [7, 11) is -4.77. The minimum Gasteiger partial charge on any atom is -0.480 e. The summed E-state index contributed by atoms with van der Waals surface area (Å²) in [6.45, 7) is 2.47. The topological polar surface area (TPSA) is 209 Å². The number of phosphoric acid groups is 1. The maximum absolute atomic E-state index is 12.7. The Morgan fingerprint density at radius 3 is 2.07 bits per heavy atom. The molecule has 310 valence electrons. The minimum absolute atomic E-state index is 0.0113. The Balaban J connectivity index is 2.53. The normalized spacial score (nSPS) is 18.6. The second-order valence-corrected chi connectivity index (χ2v) is 15.5. The number of aliphatic hydroxyl groups is 1. The lowest BCUT2D eigenvalue weighted by molar-refractivity contribution is -0.161. The van der Waals surface area contributed by atoms with Gasteiger partial charge in [0.2, 0.25) is 0 Å². The van der Waals surface area contributed by atoms with Crippen LogP contribution in [0.3, 0.4) is 0 Å². The van der Waals surface area contributed by atoms with Crippen LogP contribution >= 0.6 is 7.82 Å². The molecule has 0 saturated carbocycles. The summed E-state index contributed by atoms with van der Waals surface area (Å²) in [5.74, 6) is -2.87. The second-order valence-electron chi connectivity index (χ2n) is 14.1. The van der Waals surface area contributed by atoms with Crippen molar-refractivity contribution in [2.45, 2.75) is 161 Å². The number of hydrogen-bond acceptors (Lipinski definition) is 11. The van der Waals surface area contributed by atoms with Crippen LogP contribution in [0, 0.1) is 11.8 Å². The maximum Gasteiger partial charge on any atom is 0.472 e. The SMILES string of the molecule is CCCCCCCCCCCCCC(=O)OC[C@H](COP(=O)(O)OC[C@H](N)C(=O)O)OC(=O)CCC/C=C\C[C@H]1C=CC(=O)[C@@H]1/C=C/[C@@H](O)CCCCC. The molecule has 6 atom stereocenters. The van der Waals surface area contributed by atoms with Crippen molar-refractivity contribution < 1.29 is 57.4 Å². The molecule has 0 radical (unpaired) electrons. The third-order valence-electron chi connectivity index (χ3n) is 9.14. The molecule has 0 aliphatic heterocycles. The molecule has 1 rings (SSSR count). The number of aliphatic hydroxyl groups excluding tert-OH is 1. The predicted octanol–water partition coefficient (Wildman–Crippen LogP) is 7.67. The summed E-state index contributed by atoms with van der Waals surface area (Å²) in [5, 5.41) is 19.1. The zero-order valence-corrected chi connectivity index (χ0v) is 33.5. The molecule has 0 fully saturated rings. The van der Waals surface area contributed by atoms with Gasteiger partial charge in [0, 0.05) is 18.8 Å². The lowest BCUT2D eigenvalue weighted by Gasteiger charge is -2.20. The number of allylic oxidation sites excluding steroid dienone is 5. The highest BCUT2D eigenvalue weighted by atomic mass is 31.2. The van der Waals surface area contributed by atoms with Crippen molar-refractivity contribution in [3.8, 4) is 0 Å². The van der Waals surface area contributed by atoms with Gasteiger partial charge in [-0.15, -0.1) is 0 Å². The molecule has 1 unspecified atom stereocenters. The molecule has 14 heteroatoms. The van der Waals surface area contributed by atoms with E-state index in [0.717, 1.165) is 38.5 Å². The summed E-state index contributed by atoms with van der Waals surface area (Å²) in [6, 6.07) is -1.55. The first kappa shape index (κ1) is 49.3. The molecule has 1 aliphatic carbocycles. The number of hydrogen-bond donors (Lipinski definition) is 4. The molecule has 0 aromatic carbocycles. The van der Waals surface area contributed by atoms with Gasteiger partial charge < -0.3 is 30.3 Å². The largest absolute Gasteiger partial charge is 0.480 e. The van der Waals surface area contributed by atoms with Gasteiger partial charge in [-0.1, -0.05) is 128 Å². The van der Waals surface area contributed by atoms with Crippen molar-refractivity contribution in [3.63, 3.8) is 0 Å². The fourth-order valence-corrected chi connectivity index (χ4v) is 6.60. The van der Waals surface area contributed by atoms with Crippen LogP contribution in [0.15, 0.2) is 36.5 Å². The van der Waals surface area contributed by atoms with E-state index in [-0.39, 0.29) is 30.5 Å². The number of ether oxygens (including phenoxy) is 2. The van der Waals surface area contributed by atoms with E-state index in [4.69, 9.17) is 24.8 Å². The zero-order chi connectivity index (χ0) is 40.0. The number of unbranched alkanes of at least 4 members (excludes halogenated alkanes) is 13. The van der Waals surface area contributed by atoms with Gasteiger partial charge in [0.1, 0.15) is 12.6 Å². The summed E-state index contributed by atoms with van der Waals surface area (Å²) < 4.78 is 32.6. The Kier molecular flexibility index (Phi) is 27.9. The van der Waals surface area contributed by atoms with Gasteiger partial charge in [-0.3, -0.25) is 28.2 Å². The van der Waals surface area contributed by atoms with E-state index in [1.807, 2.05) is 18.2 Å². The number of aliphatic carboxylic acids is 1. The number of carboxylic acids is 1. The Morgan fingerprint density at radius 1 is 0.833 bits per heavy atom. The number of carbonyl (C=O) groups excluding carboxylic acids is 3. The van der Waals surface area contributed by atoms with E-state index in [2.05, 4.69) is 18.4 Å². The van der Waals surface area contributed by atoms with Crippen molar-refractivity contribution in [2.24, 2.45) is 17.6 Å². The van der Waals surface area contributed by atoms with Gasteiger partial charge in [-0.05, 0) is 44.1 Å². The Bertz CT molecular complexity index is 1210. The molecule has 0 aromatic heterocycles. The minimum atomic E-state index is -4.77. The molecule has 13 nitrogen and oxygen atoms in total. The first-order valence-electron chi connectivity index (χ1n) is 20.1. The third kappa shape index (κ3) is 25.4. The monoisotopic (exact) mass is 785 g/mol. The second kappa shape index (κ2) is 30.5. The number of carboxylic acid groups (broad SMARTS) is 1. The van der Waals surface area contributed by atoms with Crippen LogP contribution in [0.5, 0.6) is 0 Å². The molecule has 0 spiro atoms. The first-order chi connectivity index (χ1) is 25.9. The average molecular weight is 786 g/mol. The molecule has 0 saturated heterocycles. The zero-order valence-electron chi connectivity index (χ0n) is 32.7. The van der Waals surface area contributed by atoms with E-state index in [1.165, 1.54) is 44.9 Å². The van der Waals surface area contributed by atoms with E-state index in [9.17, 15) is 33.7 Å². The smallest absolute Gasteiger partial charge is 0.472 e. The Hall–Kier alpha value is -2.67. The molecule has 0 heterocycles. The maximum atomic E-state index is 12.7. The van der Waals surface area contributed by atoms with Crippen LogP contribution in [-0.2, 0) is 42.3 Å². The number of ketones is 1. The average Bonchev–Trinajstić information content (AvgIpc) is 3.49. The number of nitrogens with two attached hydrogens (primary N) is 1. The highest BCUT2D eigenvalue weighted by Gasteiger charge is 2.29. The van der Waals surface area contributed by atoms with Crippen molar-refractivity contribution >= 4 is 31.5 Å². The Morgan fingerprint density at radius 2 is 1.43 bits per heavy atom. The lowest BCUT2D eigenvalue weighted by Crippen LogP contribution is -2.34. The lowest BCUT2D eigenvalue weighted by atomic mass is 9.90. The van der Waals surface area contributed by atoms with Gasteiger partial charge in [0.25, 0.3) is 0 Å². The predicted molar refractivity (Wildman–Crippen MR) is 207 cm³/mol. The first-order valence-corrected chi connectivity index (χ1v) is 21.6. The van der Waals surface area contributed by atoms with E-state index in [0.29, 0.717) is 32.1 Å². The fourth-order valence-electron chi connectivity index (χ4n) is 5.82. The summed E-state index contributed by atoms with van der Waals surface area (Å²) >= 11 is 0. The van der Waals surface area contributed by atoms with E-state index >= 15 is 0 Å². The van der Waals surface area contributed by atoms with Gasteiger partial charge >= 0.3 is 25.7 Å². The van der Waals surface area contributed by atoms with Gasteiger partial charge in [0.05, 0.1) is 19.3 Å². The number of phosphoric ester groups is 1. The highest BCUT2D eigenvalue weighted by molar-refractivity contribution is 7.47. The molecule has 54 heavy (non-hydrogen) atoms. The molecule has 5 N–H and O–H groups in total. The molecule has 0 bridgehead atoms. The summed E-state index contributed by atoms with van der Waals surface area (Å²) in [5.41, 5.74) is 5.31.